The maximum Gasteiger partial charge on any atom is 0.344 e. The van der Waals surface area contributed by atoms with E-state index in [0.29, 0.717) is 11.2 Å². The summed E-state index contributed by atoms with van der Waals surface area (Å²) in [4.78, 5) is 24.6. The lowest BCUT2D eigenvalue weighted by Gasteiger charge is -2.24. The molecule has 0 aliphatic heterocycles. The molecule has 0 saturated heterocycles. The van der Waals surface area contributed by atoms with E-state index >= 15 is 0 Å². The highest BCUT2D eigenvalue weighted by Gasteiger charge is 2.31. The minimum atomic E-state index is -0.657. The Labute approximate surface area is 158 Å². The van der Waals surface area contributed by atoms with Gasteiger partial charge in [0.15, 0.2) is 5.11 Å². The van der Waals surface area contributed by atoms with Crippen LogP contribution in [0.15, 0.2) is 4.42 Å². The SMILES string of the molecule is CCOC(=O)c1c(C)oc(NC(=S)NC2CCCCC2)c1C(=O)OCC. The molecule has 1 heterocycles. The number of furan rings is 1. The molecule has 0 aromatic carbocycles. The summed E-state index contributed by atoms with van der Waals surface area (Å²) < 4.78 is 15.7. The van der Waals surface area contributed by atoms with E-state index in [1.807, 2.05) is 0 Å². The van der Waals surface area contributed by atoms with Gasteiger partial charge in [0, 0.05) is 6.04 Å². The Hall–Kier alpha value is -2.09. The Balaban J connectivity index is 2.22. The average molecular weight is 382 g/mol. The van der Waals surface area contributed by atoms with Crippen LogP contribution in [0.5, 0.6) is 0 Å². The summed E-state index contributed by atoms with van der Waals surface area (Å²) in [5.41, 5.74) is 0.0730. The fraction of sp³-hybridized carbons (Fsp3) is 0.611. The molecule has 0 atom stereocenters. The molecule has 0 spiro atoms. The van der Waals surface area contributed by atoms with Gasteiger partial charge in [0.2, 0.25) is 5.88 Å². The lowest BCUT2D eigenvalue weighted by Crippen LogP contribution is -2.39. The fourth-order valence-corrected chi connectivity index (χ4v) is 3.31. The van der Waals surface area contributed by atoms with E-state index in [4.69, 9.17) is 26.1 Å². The molecule has 7 nitrogen and oxygen atoms in total. The summed E-state index contributed by atoms with van der Waals surface area (Å²) in [6, 6.07) is 0.301. The molecule has 2 rings (SSSR count). The molecule has 0 amide bonds. The molecule has 1 aliphatic carbocycles. The summed E-state index contributed by atoms with van der Waals surface area (Å²) in [6.45, 7) is 5.35. The Morgan fingerprint density at radius 2 is 1.65 bits per heavy atom. The molecule has 1 aromatic heterocycles. The second-order valence-electron chi connectivity index (χ2n) is 6.11. The maximum absolute atomic E-state index is 12.4. The number of esters is 2. The van der Waals surface area contributed by atoms with Crippen molar-refractivity contribution in [2.75, 3.05) is 18.5 Å². The quantitative estimate of drug-likeness (QED) is 0.570. The summed E-state index contributed by atoms with van der Waals surface area (Å²) >= 11 is 5.35. The zero-order valence-corrected chi connectivity index (χ0v) is 16.3. The van der Waals surface area contributed by atoms with Crippen LogP contribution in [0.1, 0.15) is 72.4 Å². The second kappa shape index (κ2) is 9.56. The van der Waals surface area contributed by atoms with Crippen LogP contribution in [0.4, 0.5) is 5.88 Å². The first-order valence-electron chi connectivity index (χ1n) is 9.03. The van der Waals surface area contributed by atoms with E-state index in [1.54, 1.807) is 20.8 Å². The number of hydrogen-bond donors (Lipinski definition) is 2. The van der Waals surface area contributed by atoms with Crippen LogP contribution in [0, 0.1) is 6.92 Å². The largest absolute Gasteiger partial charge is 0.462 e. The Morgan fingerprint density at radius 3 is 2.23 bits per heavy atom. The summed E-state index contributed by atoms with van der Waals surface area (Å²) in [5.74, 6) is -0.918. The molecule has 144 valence electrons. The Kier molecular flexibility index (Phi) is 7.44. The molecule has 0 radical (unpaired) electrons. The van der Waals surface area contributed by atoms with Crippen LogP contribution in [0.3, 0.4) is 0 Å². The van der Waals surface area contributed by atoms with E-state index in [9.17, 15) is 9.59 Å². The summed E-state index contributed by atoms with van der Waals surface area (Å²) in [5, 5.41) is 6.49. The predicted molar refractivity (Wildman–Crippen MR) is 102 cm³/mol. The number of anilines is 1. The Bertz CT molecular complexity index is 665. The van der Waals surface area contributed by atoms with E-state index in [0.717, 1.165) is 12.8 Å². The van der Waals surface area contributed by atoms with Crippen molar-refractivity contribution in [1.82, 2.24) is 5.32 Å². The van der Waals surface area contributed by atoms with Crippen LogP contribution in [0.25, 0.3) is 0 Å². The lowest BCUT2D eigenvalue weighted by molar-refractivity contribution is 0.0480. The first kappa shape index (κ1) is 20.2. The third-order valence-corrected chi connectivity index (χ3v) is 4.43. The van der Waals surface area contributed by atoms with Crippen LogP contribution >= 0.6 is 12.2 Å². The third-order valence-electron chi connectivity index (χ3n) is 4.21. The molecule has 1 saturated carbocycles. The molecule has 1 fully saturated rings. The third kappa shape index (κ3) is 4.97. The molecule has 1 aromatic rings. The molecule has 0 unspecified atom stereocenters. The lowest BCUT2D eigenvalue weighted by atomic mass is 9.96. The van der Waals surface area contributed by atoms with Crippen LogP contribution in [-0.4, -0.2) is 36.3 Å². The van der Waals surface area contributed by atoms with E-state index in [2.05, 4.69) is 10.6 Å². The van der Waals surface area contributed by atoms with Crippen molar-refractivity contribution in [2.24, 2.45) is 0 Å². The van der Waals surface area contributed by atoms with Crippen molar-refractivity contribution in [3.63, 3.8) is 0 Å². The van der Waals surface area contributed by atoms with Gasteiger partial charge >= 0.3 is 11.9 Å². The zero-order chi connectivity index (χ0) is 19.1. The van der Waals surface area contributed by atoms with E-state index in [-0.39, 0.29) is 36.0 Å². The molecule has 8 heteroatoms. The summed E-state index contributed by atoms with van der Waals surface area (Å²) in [6.07, 6.45) is 5.68. The second-order valence-corrected chi connectivity index (χ2v) is 6.52. The molecule has 26 heavy (non-hydrogen) atoms. The number of aryl methyl sites for hydroxylation is 1. The smallest absolute Gasteiger partial charge is 0.344 e. The number of carbonyl (C=O) groups excluding carboxylic acids is 2. The highest BCUT2D eigenvalue weighted by molar-refractivity contribution is 7.80. The van der Waals surface area contributed by atoms with Gasteiger partial charge in [0.05, 0.1) is 13.2 Å². The first-order chi connectivity index (χ1) is 12.5. The number of thiocarbonyl (C=S) groups is 1. The van der Waals surface area contributed by atoms with Gasteiger partial charge in [-0.2, -0.15) is 0 Å². The fourth-order valence-electron chi connectivity index (χ4n) is 3.05. The van der Waals surface area contributed by atoms with Crippen molar-refractivity contribution in [1.29, 1.82) is 0 Å². The Morgan fingerprint density at radius 1 is 1.08 bits per heavy atom. The van der Waals surface area contributed by atoms with Gasteiger partial charge < -0.3 is 24.5 Å². The number of carbonyl (C=O) groups is 2. The molecular weight excluding hydrogens is 356 g/mol. The van der Waals surface area contributed by atoms with Gasteiger partial charge in [-0.15, -0.1) is 0 Å². The van der Waals surface area contributed by atoms with Crippen LogP contribution in [0.2, 0.25) is 0 Å². The van der Waals surface area contributed by atoms with Gasteiger partial charge in [0.1, 0.15) is 16.9 Å². The van der Waals surface area contributed by atoms with Crippen LogP contribution in [-0.2, 0) is 9.47 Å². The number of ether oxygens (including phenoxy) is 2. The number of nitrogens with one attached hydrogen (secondary N) is 2. The topological polar surface area (TPSA) is 89.8 Å². The van der Waals surface area contributed by atoms with Gasteiger partial charge in [-0.05, 0) is 45.8 Å². The summed E-state index contributed by atoms with van der Waals surface area (Å²) in [7, 11) is 0. The maximum atomic E-state index is 12.4. The predicted octanol–water partition coefficient (Wildman–Crippen LogP) is 3.56. The minimum absolute atomic E-state index is 0.00981. The molecule has 2 N–H and O–H groups in total. The standard InChI is InChI=1S/C18H26N2O5S/c1-4-23-16(21)13-11(3)25-15(14(13)17(22)24-5-2)20-18(26)19-12-9-7-6-8-10-12/h12H,4-10H2,1-3H3,(H2,19,20,26). The average Bonchev–Trinajstić information content (AvgIpc) is 2.92. The van der Waals surface area contributed by atoms with Gasteiger partial charge in [-0.3, -0.25) is 0 Å². The van der Waals surface area contributed by atoms with Crippen LogP contribution < -0.4 is 10.6 Å². The highest BCUT2D eigenvalue weighted by atomic mass is 32.1. The van der Waals surface area contributed by atoms with Gasteiger partial charge in [-0.25, -0.2) is 9.59 Å². The van der Waals surface area contributed by atoms with Gasteiger partial charge in [-0.1, -0.05) is 19.3 Å². The van der Waals surface area contributed by atoms with Crippen molar-refractivity contribution in [2.45, 2.75) is 58.9 Å². The first-order valence-corrected chi connectivity index (χ1v) is 9.43. The number of hydrogen-bond acceptors (Lipinski definition) is 6. The van der Waals surface area contributed by atoms with E-state index in [1.165, 1.54) is 19.3 Å². The monoisotopic (exact) mass is 382 g/mol. The molecule has 0 bridgehead atoms. The molecular formula is C18H26N2O5S. The minimum Gasteiger partial charge on any atom is -0.462 e. The van der Waals surface area contributed by atoms with Crippen molar-refractivity contribution < 1.29 is 23.5 Å². The number of rotatable bonds is 6. The highest BCUT2D eigenvalue weighted by Crippen LogP contribution is 2.29. The van der Waals surface area contributed by atoms with E-state index < -0.39 is 11.9 Å². The van der Waals surface area contributed by atoms with Crippen molar-refractivity contribution in [3.05, 3.63) is 16.9 Å². The normalized spacial score (nSPS) is 14.6. The van der Waals surface area contributed by atoms with Crippen molar-refractivity contribution >= 4 is 35.2 Å². The molecule has 1 aliphatic rings. The van der Waals surface area contributed by atoms with Crippen molar-refractivity contribution in [3.8, 4) is 0 Å². The van der Waals surface area contributed by atoms with Gasteiger partial charge in [0.25, 0.3) is 0 Å². The zero-order valence-electron chi connectivity index (χ0n) is 15.5.